The average Bonchev–Trinajstić information content (AvgIpc) is 3.17. The maximum atomic E-state index is 6.58. The number of rotatable bonds is 5. The van der Waals surface area contributed by atoms with Crippen LogP contribution in [0.4, 0.5) is 0 Å². The van der Waals surface area contributed by atoms with Crippen LogP contribution < -0.4 is 0 Å². The second-order valence-electron chi connectivity index (χ2n) is 6.79. The largest absolute Gasteiger partial charge is 0.379 e. The first-order chi connectivity index (χ1) is 14.0. The van der Waals surface area contributed by atoms with Crippen LogP contribution >= 0.6 is 23.8 Å². The van der Waals surface area contributed by atoms with E-state index in [9.17, 15) is 0 Å². The molecule has 152 valence electrons. The fourth-order valence-electron chi connectivity index (χ4n) is 3.18. The van der Waals surface area contributed by atoms with Crippen LogP contribution in [0.15, 0.2) is 35.4 Å². The summed E-state index contributed by atoms with van der Waals surface area (Å²) in [5.41, 5.74) is 2.43. The Balaban J connectivity index is 1.60. The lowest BCUT2D eigenvalue weighted by Gasteiger charge is -2.25. The number of ether oxygens (including phenoxy) is 1. The third-order valence-electron chi connectivity index (χ3n) is 4.76. The van der Waals surface area contributed by atoms with E-state index in [2.05, 4.69) is 20.2 Å². The summed E-state index contributed by atoms with van der Waals surface area (Å²) < 4.78 is 11.1. The van der Waals surface area contributed by atoms with Crippen LogP contribution in [0.3, 0.4) is 0 Å². The number of morpholine rings is 1. The van der Waals surface area contributed by atoms with E-state index in [1.54, 1.807) is 20.3 Å². The first-order valence-corrected chi connectivity index (χ1v) is 10.1. The molecule has 0 atom stereocenters. The van der Waals surface area contributed by atoms with Crippen molar-refractivity contribution in [2.24, 2.45) is 5.10 Å². The predicted octanol–water partition coefficient (Wildman–Crippen LogP) is 3.04. The van der Waals surface area contributed by atoms with E-state index in [0.717, 1.165) is 43.2 Å². The van der Waals surface area contributed by atoms with Gasteiger partial charge in [0.25, 0.3) is 0 Å². The molecular weight excluding hydrogens is 410 g/mol. The number of aryl methyl sites for hydroxylation is 2. The van der Waals surface area contributed by atoms with Crippen molar-refractivity contribution in [1.29, 1.82) is 0 Å². The Bertz CT molecular complexity index is 1080. The van der Waals surface area contributed by atoms with Gasteiger partial charge in [-0.15, -0.1) is 0 Å². The summed E-state index contributed by atoms with van der Waals surface area (Å²) in [5.74, 6) is 0.712. The van der Waals surface area contributed by atoms with Gasteiger partial charge in [0.15, 0.2) is 5.82 Å². The van der Waals surface area contributed by atoms with Crippen LogP contribution in [0.25, 0.3) is 5.69 Å². The molecule has 1 aliphatic heterocycles. The lowest BCUT2D eigenvalue weighted by molar-refractivity contribution is 0.0209. The van der Waals surface area contributed by atoms with E-state index in [4.69, 9.17) is 28.6 Å². The minimum absolute atomic E-state index is 0.502. The SMILES string of the molecule is Cc1nn(-c2ccccc2)c(Cl)c1/C=N/n1c(C)nn(CN2CCOCC2)c1=S. The van der Waals surface area contributed by atoms with Gasteiger partial charge >= 0.3 is 0 Å². The van der Waals surface area contributed by atoms with Gasteiger partial charge in [-0.05, 0) is 38.2 Å². The molecule has 1 aliphatic rings. The summed E-state index contributed by atoms with van der Waals surface area (Å²) in [7, 11) is 0. The minimum Gasteiger partial charge on any atom is -0.379 e. The Morgan fingerprint density at radius 3 is 2.62 bits per heavy atom. The summed E-state index contributed by atoms with van der Waals surface area (Å²) in [6.07, 6.45) is 1.69. The van der Waals surface area contributed by atoms with Crippen molar-refractivity contribution in [2.45, 2.75) is 20.5 Å². The molecule has 0 aliphatic carbocycles. The van der Waals surface area contributed by atoms with Crippen molar-refractivity contribution in [3.63, 3.8) is 0 Å². The number of aromatic nitrogens is 5. The van der Waals surface area contributed by atoms with E-state index in [-0.39, 0.29) is 0 Å². The van der Waals surface area contributed by atoms with Crippen LogP contribution in [-0.2, 0) is 11.4 Å². The molecule has 1 aromatic carbocycles. The second-order valence-corrected chi connectivity index (χ2v) is 7.52. The zero-order chi connectivity index (χ0) is 20.4. The molecule has 0 unspecified atom stereocenters. The van der Waals surface area contributed by atoms with Gasteiger partial charge in [-0.3, -0.25) is 4.90 Å². The molecular formula is C19H22ClN7OS. The summed E-state index contributed by atoms with van der Waals surface area (Å²) >= 11 is 12.2. The van der Waals surface area contributed by atoms with Crippen LogP contribution in [0.2, 0.25) is 5.15 Å². The predicted molar refractivity (Wildman–Crippen MR) is 114 cm³/mol. The Morgan fingerprint density at radius 1 is 1.17 bits per heavy atom. The smallest absolute Gasteiger partial charge is 0.220 e. The third-order valence-corrected chi connectivity index (χ3v) is 5.51. The van der Waals surface area contributed by atoms with Gasteiger partial charge in [0.05, 0.1) is 43.0 Å². The molecule has 2 aromatic heterocycles. The molecule has 1 saturated heterocycles. The molecule has 0 radical (unpaired) electrons. The highest BCUT2D eigenvalue weighted by atomic mass is 35.5. The van der Waals surface area contributed by atoms with Crippen LogP contribution in [0, 0.1) is 18.6 Å². The zero-order valence-electron chi connectivity index (χ0n) is 16.3. The third kappa shape index (κ3) is 4.18. The average molecular weight is 432 g/mol. The molecule has 8 nitrogen and oxygen atoms in total. The lowest BCUT2D eigenvalue weighted by Crippen LogP contribution is -2.37. The molecule has 3 heterocycles. The number of halogens is 1. The van der Waals surface area contributed by atoms with Crippen LogP contribution in [0.1, 0.15) is 17.1 Å². The lowest BCUT2D eigenvalue weighted by atomic mass is 10.3. The normalized spacial score (nSPS) is 15.4. The van der Waals surface area contributed by atoms with E-state index in [1.165, 1.54) is 0 Å². The summed E-state index contributed by atoms with van der Waals surface area (Å²) in [4.78, 5) is 2.25. The van der Waals surface area contributed by atoms with Gasteiger partial charge in [0.2, 0.25) is 4.77 Å². The van der Waals surface area contributed by atoms with Gasteiger partial charge in [-0.2, -0.15) is 20.0 Å². The van der Waals surface area contributed by atoms with Crippen molar-refractivity contribution in [3.8, 4) is 5.69 Å². The van der Waals surface area contributed by atoms with Crippen molar-refractivity contribution in [3.05, 3.63) is 57.3 Å². The highest BCUT2D eigenvalue weighted by Crippen LogP contribution is 2.22. The molecule has 1 fully saturated rings. The number of hydrogen-bond donors (Lipinski definition) is 0. The zero-order valence-corrected chi connectivity index (χ0v) is 17.9. The van der Waals surface area contributed by atoms with Crippen LogP contribution in [0.5, 0.6) is 0 Å². The van der Waals surface area contributed by atoms with Crippen molar-refractivity contribution in [2.75, 3.05) is 26.3 Å². The Kier molecular flexibility index (Phi) is 5.91. The molecule has 0 bridgehead atoms. The second kappa shape index (κ2) is 8.58. The molecule has 10 heteroatoms. The van der Waals surface area contributed by atoms with E-state index >= 15 is 0 Å². The van der Waals surface area contributed by atoms with E-state index < -0.39 is 0 Å². The summed E-state index contributed by atoms with van der Waals surface area (Å²) in [6.45, 7) is 7.60. The maximum absolute atomic E-state index is 6.58. The van der Waals surface area contributed by atoms with Crippen molar-refractivity contribution < 1.29 is 4.74 Å². The topological polar surface area (TPSA) is 65.4 Å². The first-order valence-electron chi connectivity index (χ1n) is 9.36. The van der Waals surface area contributed by atoms with Gasteiger partial charge in [-0.25, -0.2) is 9.36 Å². The van der Waals surface area contributed by atoms with E-state index in [0.29, 0.717) is 22.4 Å². The summed E-state index contributed by atoms with van der Waals surface area (Å²) in [6, 6.07) is 9.75. The number of nitrogens with zero attached hydrogens (tertiary/aromatic N) is 7. The monoisotopic (exact) mass is 431 g/mol. The first kappa shape index (κ1) is 20.0. The van der Waals surface area contributed by atoms with Gasteiger partial charge < -0.3 is 4.74 Å². The highest BCUT2D eigenvalue weighted by molar-refractivity contribution is 7.71. The number of hydrogen-bond acceptors (Lipinski definition) is 6. The molecule has 3 aromatic rings. The minimum atomic E-state index is 0.502. The van der Waals surface area contributed by atoms with Gasteiger partial charge in [-0.1, -0.05) is 29.8 Å². The molecule has 0 spiro atoms. The standard InChI is InChI=1S/C19H22ClN7OS/c1-14-17(18(20)27(22-14)16-6-4-3-5-7-16)12-21-26-15(2)23-25(19(26)29)13-24-8-10-28-11-9-24/h3-7,12H,8-11,13H2,1-2H3/b21-12+. The molecule has 4 rings (SSSR count). The molecule has 0 saturated carbocycles. The van der Waals surface area contributed by atoms with Crippen LogP contribution in [-0.4, -0.2) is 61.7 Å². The van der Waals surface area contributed by atoms with E-state index in [1.807, 2.05) is 44.2 Å². The Morgan fingerprint density at radius 2 is 1.90 bits per heavy atom. The molecule has 0 amide bonds. The number of benzene rings is 1. The van der Waals surface area contributed by atoms with Crippen molar-refractivity contribution >= 4 is 30.0 Å². The van der Waals surface area contributed by atoms with Gasteiger partial charge in [0.1, 0.15) is 5.15 Å². The quantitative estimate of drug-likeness (QED) is 0.459. The summed E-state index contributed by atoms with van der Waals surface area (Å²) in [5, 5.41) is 14.1. The maximum Gasteiger partial charge on any atom is 0.220 e. The molecule has 29 heavy (non-hydrogen) atoms. The molecule has 0 N–H and O–H groups in total. The van der Waals surface area contributed by atoms with Gasteiger partial charge in [0, 0.05) is 13.1 Å². The number of para-hydroxylation sites is 1. The van der Waals surface area contributed by atoms with Crippen molar-refractivity contribution in [1.82, 2.24) is 29.1 Å². The fourth-order valence-corrected chi connectivity index (χ4v) is 3.78. The Labute approximate surface area is 179 Å². The highest BCUT2D eigenvalue weighted by Gasteiger charge is 2.15. The fraction of sp³-hybridized carbons (Fsp3) is 0.368. The Hall–Kier alpha value is -2.33.